The molecule has 33 heavy (non-hydrogen) atoms. The molecule has 0 atom stereocenters. The monoisotopic (exact) mass is 485 g/mol. The van der Waals surface area contributed by atoms with Crippen LogP contribution in [0, 0.1) is 0 Å². The fourth-order valence-corrected chi connectivity index (χ4v) is 5.52. The summed E-state index contributed by atoms with van der Waals surface area (Å²) in [4.78, 5) is 14.1. The molecule has 0 aliphatic carbocycles. The van der Waals surface area contributed by atoms with Gasteiger partial charge < -0.3 is 9.47 Å². The molecule has 1 N–H and O–H groups in total. The highest BCUT2D eigenvalue weighted by molar-refractivity contribution is 7.99. The average Bonchev–Trinajstić information content (AvgIpc) is 3.03. The van der Waals surface area contributed by atoms with Gasteiger partial charge in [0.25, 0.3) is 10.0 Å². The minimum absolute atomic E-state index is 0.0734. The number of methoxy groups -OCH3 is 2. The van der Waals surface area contributed by atoms with Crippen LogP contribution in [-0.4, -0.2) is 31.8 Å². The highest BCUT2D eigenvalue weighted by Gasteiger charge is 2.20. The third-order valence-electron chi connectivity index (χ3n) is 5.26. The Balaban J connectivity index is 1.82. The molecule has 0 aliphatic heterocycles. The molecule has 172 valence electrons. The molecule has 0 unspecified atom stereocenters. The molecule has 0 spiro atoms. The van der Waals surface area contributed by atoms with Crippen molar-refractivity contribution in [1.29, 1.82) is 0 Å². The summed E-state index contributed by atoms with van der Waals surface area (Å²) < 4.78 is 42.5. The molecular weight excluding hydrogens is 462 g/mol. The molecule has 0 bridgehead atoms. The van der Waals surface area contributed by atoms with Gasteiger partial charge >= 0.3 is 5.69 Å². The maximum Gasteiger partial charge on any atom is 0.328 e. The SMILES string of the molecule is COc1ccc(Sc2cc3c(cc2NS(=O)(=O)c2cccc(OC)c2)n(C)c(=O)n3C)cc1. The topological polar surface area (TPSA) is 91.6 Å². The second kappa shape index (κ2) is 8.87. The van der Waals surface area contributed by atoms with E-state index >= 15 is 0 Å². The molecule has 1 heterocycles. The molecule has 4 aromatic rings. The zero-order valence-corrected chi connectivity index (χ0v) is 20.2. The van der Waals surface area contributed by atoms with Crippen molar-refractivity contribution < 1.29 is 17.9 Å². The van der Waals surface area contributed by atoms with Gasteiger partial charge in [-0.25, -0.2) is 13.2 Å². The van der Waals surface area contributed by atoms with E-state index in [0.717, 1.165) is 10.6 Å². The largest absolute Gasteiger partial charge is 0.497 e. The first kappa shape index (κ1) is 22.8. The first-order valence-electron chi connectivity index (χ1n) is 9.91. The van der Waals surface area contributed by atoms with Crippen LogP contribution in [-0.2, 0) is 24.1 Å². The van der Waals surface area contributed by atoms with Crippen molar-refractivity contribution in [2.24, 2.45) is 14.1 Å². The number of nitrogens with zero attached hydrogens (tertiary/aromatic N) is 2. The van der Waals surface area contributed by atoms with Crippen LogP contribution >= 0.6 is 11.8 Å². The fraction of sp³-hybridized carbons (Fsp3) is 0.174. The van der Waals surface area contributed by atoms with Gasteiger partial charge in [0.05, 0.1) is 35.8 Å². The van der Waals surface area contributed by atoms with Gasteiger partial charge in [-0.1, -0.05) is 17.8 Å². The van der Waals surface area contributed by atoms with E-state index in [1.165, 1.54) is 40.1 Å². The normalized spacial score (nSPS) is 11.5. The number of aryl methyl sites for hydroxylation is 2. The highest BCUT2D eigenvalue weighted by Crippen LogP contribution is 2.38. The lowest BCUT2D eigenvalue weighted by Crippen LogP contribution is -2.19. The van der Waals surface area contributed by atoms with Crippen molar-refractivity contribution >= 4 is 38.5 Å². The summed E-state index contributed by atoms with van der Waals surface area (Å²) in [5, 5.41) is 0. The van der Waals surface area contributed by atoms with Gasteiger partial charge in [-0.3, -0.25) is 13.9 Å². The zero-order chi connectivity index (χ0) is 23.8. The Bertz CT molecular complexity index is 1490. The van der Waals surface area contributed by atoms with Crippen LogP contribution in [0.25, 0.3) is 11.0 Å². The van der Waals surface area contributed by atoms with Gasteiger partial charge in [-0.05, 0) is 48.5 Å². The van der Waals surface area contributed by atoms with E-state index in [0.29, 0.717) is 27.4 Å². The molecule has 4 rings (SSSR count). The summed E-state index contributed by atoms with van der Waals surface area (Å²) in [5.74, 6) is 1.16. The van der Waals surface area contributed by atoms with Gasteiger partial charge in [0.2, 0.25) is 0 Å². The number of sulfonamides is 1. The number of anilines is 1. The molecule has 3 aromatic carbocycles. The van der Waals surface area contributed by atoms with Crippen LogP contribution in [0.15, 0.2) is 80.1 Å². The van der Waals surface area contributed by atoms with E-state index < -0.39 is 10.0 Å². The second-order valence-corrected chi connectivity index (χ2v) is 10.1. The Labute approximate surface area is 195 Å². The second-order valence-electron chi connectivity index (χ2n) is 7.30. The lowest BCUT2D eigenvalue weighted by Gasteiger charge is -2.14. The van der Waals surface area contributed by atoms with Crippen LogP contribution < -0.4 is 19.9 Å². The number of hydrogen-bond acceptors (Lipinski definition) is 6. The summed E-state index contributed by atoms with van der Waals surface area (Å²) in [6.07, 6.45) is 0. The van der Waals surface area contributed by atoms with Gasteiger partial charge in [-0.2, -0.15) is 0 Å². The van der Waals surface area contributed by atoms with Crippen LogP contribution in [0.2, 0.25) is 0 Å². The number of nitrogens with one attached hydrogen (secondary N) is 1. The molecule has 0 aliphatic rings. The van der Waals surface area contributed by atoms with Crippen LogP contribution in [0.1, 0.15) is 0 Å². The predicted octanol–water partition coefficient (Wildman–Crippen LogP) is 3.85. The zero-order valence-electron chi connectivity index (χ0n) is 18.5. The van der Waals surface area contributed by atoms with Crippen LogP contribution in [0.4, 0.5) is 5.69 Å². The number of ether oxygens (including phenoxy) is 2. The van der Waals surface area contributed by atoms with E-state index in [-0.39, 0.29) is 10.6 Å². The predicted molar refractivity (Wildman–Crippen MR) is 129 cm³/mol. The fourth-order valence-electron chi connectivity index (χ4n) is 3.43. The lowest BCUT2D eigenvalue weighted by molar-refractivity contribution is 0.413. The minimum atomic E-state index is -3.91. The van der Waals surface area contributed by atoms with E-state index in [9.17, 15) is 13.2 Å². The van der Waals surface area contributed by atoms with Crippen molar-refractivity contribution in [2.45, 2.75) is 14.7 Å². The Morgan fingerprint density at radius 2 is 1.48 bits per heavy atom. The minimum Gasteiger partial charge on any atom is -0.497 e. The number of aromatic nitrogens is 2. The number of hydrogen-bond donors (Lipinski definition) is 1. The van der Waals surface area contributed by atoms with Crippen molar-refractivity contribution in [3.63, 3.8) is 0 Å². The summed E-state index contributed by atoms with van der Waals surface area (Å²) in [7, 11) is 2.50. The first-order chi connectivity index (χ1) is 15.7. The van der Waals surface area contributed by atoms with Crippen molar-refractivity contribution in [3.8, 4) is 11.5 Å². The molecule has 8 nitrogen and oxygen atoms in total. The van der Waals surface area contributed by atoms with E-state index in [2.05, 4.69) is 4.72 Å². The van der Waals surface area contributed by atoms with Crippen molar-refractivity contribution in [3.05, 3.63) is 71.1 Å². The quantitative estimate of drug-likeness (QED) is 0.428. The molecule has 0 radical (unpaired) electrons. The summed E-state index contributed by atoms with van der Waals surface area (Å²) >= 11 is 1.38. The number of benzene rings is 3. The smallest absolute Gasteiger partial charge is 0.328 e. The molecular formula is C23H23N3O5S2. The van der Waals surface area contributed by atoms with Crippen LogP contribution in [0.5, 0.6) is 11.5 Å². The van der Waals surface area contributed by atoms with Crippen molar-refractivity contribution in [1.82, 2.24) is 9.13 Å². The van der Waals surface area contributed by atoms with Gasteiger partial charge in [0.15, 0.2) is 0 Å². The molecule has 1 aromatic heterocycles. The lowest BCUT2D eigenvalue weighted by atomic mass is 10.3. The Morgan fingerprint density at radius 1 is 0.848 bits per heavy atom. The number of rotatable bonds is 7. The van der Waals surface area contributed by atoms with Crippen LogP contribution in [0.3, 0.4) is 0 Å². The van der Waals surface area contributed by atoms with Gasteiger partial charge in [0.1, 0.15) is 11.5 Å². The van der Waals surface area contributed by atoms with Crippen molar-refractivity contribution in [2.75, 3.05) is 18.9 Å². The Hall–Kier alpha value is -3.37. The number of imidazole rings is 1. The molecule has 0 amide bonds. The summed E-state index contributed by atoms with van der Waals surface area (Å²) in [6, 6.07) is 17.2. The number of fused-ring (bicyclic) bond motifs is 1. The maximum atomic E-state index is 13.2. The maximum absolute atomic E-state index is 13.2. The third kappa shape index (κ3) is 4.44. The van der Waals surface area contributed by atoms with E-state index in [4.69, 9.17) is 9.47 Å². The Morgan fingerprint density at radius 3 is 2.12 bits per heavy atom. The molecule has 0 fully saturated rings. The molecule has 10 heteroatoms. The first-order valence-corrected chi connectivity index (χ1v) is 12.2. The highest BCUT2D eigenvalue weighted by atomic mass is 32.2. The van der Waals surface area contributed by atoms with Gasteiger partial charge in [0, 0.05) is 30.0 Å². The summed E-state index contributed by atoms with van der Waals surface area (Å²) in [5.41, 5.74) is 1.48. The third-order valence-corrected chi connectivity index (χ3v) is 7.69. The average molecular weight is 486 g/mol. The van der Waals surface area contributed by atoms with E-state index in [1.54, 1.807) is 39.4 Å². The van der Waals surface area contributed by atoms with E-state index in [1.807, 2.05) is 30.3 Å². The Kier molecular flexibility index (Phi) is 6.13. The standard InChI is InChI=1S/C23H23N3O5S2/c1-25-20-13-19(24-33(28,29)18-7-5-6-16(12-18)31-4)22(14-21(20)26(2)23(25)27)32-17-10-8-15(30-3)9-11-17/h5-14,24H,1-4H3. The molecule has 0 saturated carbocycles. The van der Waals surface area contributed by atoms with Gasteiger partial charge in [-0.15, -0.1) is 0 Å². The summed E-state index contributed by atoms with van der Waals surface area (Å²) in [6.45, 7) is 0. The molecule has 0 saturated heterocycles.